The third-order valence-electron chi connectivity index (χ3n) is 8.36. The average Bonchev–Trinajstić information content (AvgIpc) is 3.68. The number of aromatic nitrogens is 2. The van der Waals surface area contributed by atoms with Crippen molar-refractivity contribution in [3.8, 4) is 0 Å². The van der Waals surface area contributed by atoms with Gasteiger partial charge in [-0.1, -0.05) is 20.8 Å². The number of fused-ring (bicyclic) bond motifs is 1. The van der Waals surface area contributed by atoms with Gasteiger partial charge in [-0.15, -0.1) is 0 Å². The summed E-state index contributed by atoms with van der Waals surface area (Å²) in [6.45, 7) is 8.28. The van der Waals surface area contributed by atoms with Crippen LogP contribution in [0.25, 0.3) is 0 Å². The third kappa shape index (κ3) is 9.35. The quantitative estimate of drug-likeness (QED) is 0.0852. The summed E-state index contributed by atoms with van der Waals surface area (Å²) < 4.78 is 59.3. The number of H-pyrrole nitrogens is 1. The molecular weight excluding hydrogens is 715 g/mol. The minimum absolute atomic E-state index is 0.0758. The fraction of sp³-hybridized carbons (Fsp3) is 0.826. The summed E-state index contributed by atoms with van der Waals surface area (Å²) in [5.74, 6) is -1.86. The van der Waals surface area contributed by atoms with E-state index in [1.54, 1.807) is 0 Å². The van der Waals surface area contributed by atoms with E-state index in [1.807, 2.05) is 4.98 Å². The summed E-state index contributed by atoms with van der Waals surface area (Å²) in [6, 6.07) is 1.00. The van der Waals surface area contributed by atoms with Crippen LogP contribution in [0.1, 0.15) is 27.2 Å². The summed E-state index contributed by atoms with van der Waals surface area (Å²) in [5.41, 5.74) is -2.98. The van der Waals surface area contributed by atoms with Crippen LogP contribution in [0.5, 0.6) is 0 Å². The topological polar surface area (TPSA) is 338 Å². The highest BCUT2D eigenvalue weighted by atomic mass is 31.3. The van der Waals surface area contributed by atoms with Gasteiger partial charge < -0.3 is 55.0 Å². The molecule has 1 aliphatic heterocycles. The van der Waals surface area contributed by atoms with E-state index in [0.717, 1.165) is 16.8 Å². The molecule has 22 nitrogen and oxygen atoms in total. The lowest BCUT2D eigenvalue weighted by molar-refractivity contribution is -0.280. The van der Waals surface area contributed by atoms with Crippen LogP contribution in [0.4, 0.5) is 0 Å². The normalized spacial score (nSPS) is 36.6. The Bertz CT molecular complexity index is 1500. The van der Waals surface area contributed by atoms with E-state index >= 15 is 0 Å². The largest absolute Gasteiger partial charge is 0.490 e. The number of aromatic amines is 1. The lowest BCUT2D eigenvalue weighted by Crippen LogP contribution is -2.58. The van der Waals surface area contributed by atoms with Gasteiger partial charge in [0.05, 0.1) is 24.9 Å². The van der Waals surface area contributed by atoms with Gasteiger partial charge in [0.2, 0.25) is 0 Å². The zero-order chi connectivity index (χ0) is 36.4. The van der Waals surface area contributed by atoms with Crippen LogP contribution in [0, 0.1) is 11.8 Å². The van der Waals surface area contributed by atoms with Gasteiger partial charge in [0.1, 0.15) is 30.5 Å². The molecule has 0 amide bonds. The number of aliphatic hydroxyl groups excluding tert-OH is 6. The fourth-order valence-electron chi connectivity index (χ4n) is 5.76. The number of nitrogens with one attached hydrogen (secondary N) is 1. The fourth-order valence-corrected chi connectivity index (χ4v) is 9.37. The standard InChI is InChI=1S/C17H27N2O19P3.C6H15N/c20-4-8-11(23)12(24)13(25)15(35-8)36-40(30,31)38-41(32,33)37-39(28,29)34-5-6-7-3-17(7,14(26)10(6)22)19-2-1-9(21)18-16(19)27;1-4-7(5-2)6-3/h1-2,6-8,10-15,20,22-26H,3-5H2,(H,28,29)(H,30,31)(H,32,33)(H,18,21,27);4-6H2,1-3H3/t6-,7-,8+,10+,11+,12-,13+,14+,15+,17+;/m0./s1. The van der Waals surface area contributed by atoms with Gasteiger partial charge in [-0.25, -0.2) is 18.5 Å². The summed E-state index contributed by atoms with van der Waals surface area (Å²) in [7, 11) is -17.4. The van der Waals surface area contributed by atoms with Crippen LogP contribution in [0.15, 0.2) is 21.9 Å². The predicted molar refractivity (Wildman–Crippen MR) is 159 cm³/mol. The molecule has 3 fully saturated rings. The monoisotopic (exact) mass is 757 g/mol. The number of ether oxygens (including phenoxy) is 1. The SMILES string of the molecule is CCN(CC)CC.O=c1ccn([C@]23C[C@H]2[C@H](COP(=O)(O)OP(=O)(O)OP(=O)(O)O[C@H]2O[C@H](CO)[C@@H](O)[C@H](O)[C@H]2O)[C@@H](O)[C@H]3O)c(=O)[nH]1. The van der Waals surface area contributed by atoms with Gasteiger partial charge in [-0.05, 0) is 32.0 Å². The Hall–Kier alpha value is -1.23. The highest BCUT2D eigenvalue weighted by molar-refractivity contribution is 7.66. The molecule has 3 aliphatic rings. The van der Waals surface area contributed by atoms with Crippen molar-refractivity contribution in [3.63, 3.8) is 0 Å². The van der Waals surface area contributed by atoms with E-state index in [-0.39, 0.29) is 6.42 Å². The van der Waals surface area contributed by atoms with Crippen molar-refractivity contribution in [2.24, 2.45) is 11.8 Å². The van der Waals surface area contributed by atoms with Gasteiger partial charge in [0.25, 0.3) is 5.56 Å². The summed E-state index contributed by atoms with van der Waals surface area (Å²) in [6.07, 6.45) is -12.1. The molecule has 2 heterocycles. The van der Waals surface area contributed by atoms with E-state index in [0.29, 0.717) is 0 Å². The number of nitrogens with zero attached hydrogens (tertiary/aromatic N) is 2. The summed E-state index contributed by atoms with van der Waals surface area (Å²) >= 11 is 0. The molecule has 3 unspecified atom stereocenters. The Morgan fingerprint density at radius 2 is 1.50 bits per heavy atom. The molecule has 1 aromatic heterocycles. The molecule has 0 radical (unpaired) electrons. The Morgan fingerprint density at radius 3 is 2.02 bits per heavy atom. The van der Waals surface area contributed by atoms with Gasteiger partial charge in [0.15, 0.2) is 6.29 Å². The van der Waals surface area contributed by atoms with E-state index in [1.165, 1.54) is 19.6 Å². The van der Waals surface area contributed by atoms with Crippen LogP contribution < -0.4 is 11.2 Å². The van der Waals surface area contributed by atoms with Crippen LogP contribution in [0.2, 0.25) is 0 Å². The Balaban J connectivity index is 0.000000804. The predicted octanol–water partition coefficient (Wildman–Crippen LogP) is -2.88. The smallest absolute Gasteiger partial charge is 0.394 e. The zero-order valence-corrected chi connectivity index (χ0v) is 28.6. The molecule has 278 valence electrons. The summed E-state index contributed by atoms with van der Waals surface area (Å²) in [4.78, 5) is 57.4. The number of phosphoric ester groups is 2. The molecule has 48 heavy (non-hydrogen) atoms. The maximum Gasteiger partial charge on any atom is 0.490 e. The Kier molecular flexibility index (Phi) is 13.7. The van der Waals surface area contributed by atoms with Crippen molar-refractivity contribution < 1.29 is 81.4 Å². The van der Waals surface area contributed by atoms with Crippen LogP contribution in [-0.4, -0.2) is 136 Å². The lowest BCUT2D eigenvalue weighted by atomic mass is 10.00. The van der Waals surface area contributed by atoms with E-state index in [2.05, 4.69) is 43.3 Å². The second-order valence-corrected chi connectivity index (χ2v) is 15.8. The van der Waals surface area contributed by atoms with Crippen molar-refractivity contribution >= 4 is 23.5 Å². The van der Waals surface area contributed by atoms with Crippen LogP contribution >= 0.6 is 23.5 Å². The maximum atomic E-state index is 12.3. The highest BCUT2D eigenvalue weighted by Gasteiger charge is 2.72. The molecule has 2 aliphatic carbocycles. The van der Waals surface area contributed by atoms with Crippen molar-refractivity contribution in [1.82, 2.24) is 14.5 Å². The van der Waals surface area contributed by atoms with Gasteiger partial charge >= 0.3 is 29.2 Å². The van der Waals surface area contributed by atoms with E-state index in [9.17, 15) is 63.5 Å². The zero-order valence-electron chi connectivity index (χ0n) is 25.9. The summed E-state index contributed by atoms with van der Waals surface area (Å²) in [5, 5.41) is 59.4. The molecule has 2 saturated carbocycles. The van der Waals surface area contributed by atoms with Gasteiger partial charge in [0, 0.05) is 18.2 Å². The molecule has 10 N–H and O–H groups in total. The van der Waals surface area contributed by atoms with Crippen molar-refractivity contribution in [2.45, 2.75) is 75.6 Å². The minimum atomic E-state index is -6.00. The van der Waals surface area contributed by atoms with Gasteiger partial charge in [-0.3, -0.25) is 23.4 Å². The minimum Gasteiger partial charge on any atom is -0.394 e. The molecule has 13 atom stereocenters. The number of aliphatic hydroxyl groups is 6. The van der Waals surface area contributed by atoms with E-state index < -0.39 is 108 Å². The second kappa shape index (κ2) is 16.0. The second-order valence-electron chi connectivity index (χ2n) is 11.2. The third-order valence-corrected chi connectivity index (χ3v) is 12.6. The molecule has 4 rings (SSSR count). The first-order valence-corrected chi connectivity index (χ1v) is 19.1. The number of hydrogen-bond acceptors (Lipinski definition) is 17. The van der Waals surface area contributed by atoms with Crippen molar-refractivity contribution in [2.75, 3.05) is 32.8 Å². The molecule has 0 spiro atoms. The first kappa shape index (κ1) is 41.2. The number of hydrogen-bond donors (Lipinski definition) is 10. The lowest BCUT2D eigenvalue weighted by Gasteiger charge is -2.39. The van der Waals surface area contributed by atoms with Crippen molar-refractivity contribution in [3.05, 3.63) is 33.1 Å². The Labute approximate surface area is 272 Å². The molecule has 0 bridgehead atoms. The first-order chi connectivity index (χ1) is 22.2. The van der Waals surface area contributed by atoms with Crippen molar-refractivity contribution in [1.29, 1.82) is 0 Å². The molecular formula is C23H42N3O19P3. The molecule has 0 aromatic carbocycles. The highest BCUT2D eigenvalue weighted by Crippen LogP contribution is 2.69. The number of phosphoric acid groups is 3. The van der Waals surface area contributed by atoms with Crippen LogP contribution in [0.3, 0.4) is 0 Å². The molecule has 25 heteroatoms. The Morgan fingerprint density at radius 1 is 0.917 bits per heavy atom. The first-order valence-electron chi connectivity index (χ1n) is 14.6. The number of rotatable bonds is 14. The maximum absolute atomic E-state index is 12.3. The van der Waals surface area contributed by atoms with Crippen LogP contribution in [-0.2, 0) is 41.6 Å². The molecule has 1 aromatic rings. The average molecular weight is 758 g/mol. The molecule has 1 saturated heterocycles. The van der Waals surface area contributed by atoms with E-state index in [4.69, 9.17) is 9.84 Å². The van der Waals surface area contributed by atoms with Gasteiger partial charge in [-0.2, -0.15) is 8.62 Å².